The average Bonchev–Trinajstić information content (AvgIpc) is 3.21. The Morgan fingerprint density at radius 2 is 1.62 bits per heavy atom. The molecule has 1 aromatic rings. The molecular weight excluding hydrogens is 370 g/mol. The van der Waals surface area contributed by atoms with E-state index < -0.39 is 0 Å². The molecule has 0 N–H and O–H groups in total. The fourth-order valence-electron chi connectivity index (χ4n) is 3.69. The van der Waals surface area contributed by atoms with Gasteiger partial charge in [-0.3, -0.25) is 14.5 Å². The quantitative estimate of drug-likeness (QED) is 0.624. The number of carbonyl (C=O) groups is 2. The van der Waals surface area contributed by atoms with Crippen LogP contribution in [0.4, 0.5) is 0 Å². The molecule has 29 heavy (non-hydrogen) atoms. The van der Waals surface area contributed by atoms with E-state index in [1.165, 1.54) is 0 Å². The van der Waals surface area contributed by atoms with Crippen molar-refractivity contribution in [1.82, 2.24) is 14.7 Å². The maximum absolute atomic E-state index is 12.7. The molecule has 1 aromatic carbocycles. The molecule has 160 valence electrons. The molecule has 2 amide bonds. The number of hydrogen-bond donors (Lipinski definition) is 0. The van der Waals surface area contributed by atoms with Crippen LogP contribution in [0.5, 0.6) is 11.5 Å². The van der Waals surface area contributed by atoms with E-state index in [4.69, 9.17) is 9.47 Å². The van der Waals surface area contributed by atoms with Gasteiger partial charge in [-0.15, -0.1) is 0 Å². The van der Waals surface area contributed by atoms with Gasteiger partial charge in [0.25, 0.3) is 0 Å². The van der Waals surface area contributed by atoms with Gasteiger partial charge in [-0.2, -0.15) is 0 Å². The second-order valence-corrected chi connectivity index (χ2v) is 7.76. The van der Waals surface area contributed by atoms with Crippen LogP contribution < -0.4 is 9.47 Å². The first kappa shape index (κ1) is 21.4. The van der Waals surface area contributed by atoms with E-state index in [0.29, 0.717) is 26.2 Å². The Bertz CT molecular complexity index is 693. The van der Waals surface area contributed by atoms with Crippen molar-refractivity contribution in [2.24, 2.45) is 0 Å². The van der Waals surface area contributed by atoms with E-state index in [1.54, 1.807) is 9.80 Å². The highest BCUT2D eigenvalue weighted by atomic mass is 16.7. The fraction of sp³-hybridized carbons (Fsp3) is 0.636. The van der Waals surface area contributed by atoms with Crippen LogP contribution in [-0.4, -0.2) is 72.6 Å². The van der Waals surface area contributed by atoms with Gasteiger partial charge >= 0.3 is 11.8 Å². The van der Waals surface area contributed by atoms with E-state index in [9.17, 15) is 9.59 Å². The first-order valence-corrected chi connectivity index (χ1v) is 10.8. The van der Waals surface area contributed by atoms with Gasteiger partial charge in [0, 0.05) is 45.8 Å². The summed E-state index contributed by atoms with van der Waals surface area (Å²) in [6.45, 7) is 9.32. The Kier molecular flexibility index (Phi) is 7.75. The third kappa shape index (κ3) is 5.63. The molecule has 0 saturated carbocycles. The minimum atomic E-state index is -0.347. The monoisotopic (exact) mass is 403 g/mol. The van der Waals surface area contributed by atoms with Crippen molar-refractivity contribution in [3.63, 3.8) is 0 Å². The lowest BCUT2D eigenvalue weighted by Gasteiger charge is -2.35. The highest BCUT2D eigenvalue weighted by molar-refractivity contribution is 6.34. The number of fused-ring (bicyclic) bond motifs is 1. The van der Waals surface area contributed by atoms with Gasteiger partial charge in [-0.05, 0) is 30.5 Å². The maximum atomic E-state index is 12.7. The molecular formula is C22H33N3O4. The topological polar surface area (TPSA) is 62.3 Å². The standard InChI is InChI=1S/C22H33N3O4/c1-3-5-9-24(10-6-4-2)21(26)22(27)25-13-11-23(12-14-25)16-18-7-8-19-20(15-18)29-17-28-19/h7-8,15H,3-6,9-14,16-17H2,1-2H3. The van der Waals surface area contributed by atoms with E-state index in [0.717, 1.165) is 62.4 Å². The van der Waals surface area contributed by atoms with Gasteiger partial charge in [0.15, 0.2) is 11.5 Å². The smallest absolute Gasteiger partial charge is 0.312 e. The van der Waals surface area contributed by atoms with E-state index in [1.807, 2.05) is 18.2 Å². The third-order valence-corrected chi connectivity index (χ3v) is 5.54. The Hall–Kier alpha value is -2.28. The van der Waals surface area contributed by atoms with E-state index >= 15 is 0 Å². The molecule has 3 rings (SSSR count). The Balaban J connectivity index is 1.49. The summed E-state index contributed by atoms with van der Waals surface area (Å²) in [5.41, 5.74) is 1.16. The van der Waals surface area contributed by atoms with Crippen LogP contribution in [0.3, 0.4) is 0 Å². The predicted octanol–water partition coefficient (Wildman–Crippen LogP) is 2.49. The Labute approximate surface area is 173 Å². The molecule has 2 aliphatic rings. The summed E-state index contributed by atoms with van der Waals surface area (Å²) in [5.74, 6) is 0.899. The zero-order chi connectivity index (χ0) is 20.6. The second-order valence-electron chi connectivity index (χ2n) is 7.76. The van der Waals surface area contributed by atoms with Gasteiger partial charge < -0.3 is 19.3 Å². The number of carbonyl (C=O) groups excluding carboxylic acids is 2. The number of ether oxygens (including phenoxy) is 2. The number of piperazine rings is 1. The molecule has 0 unspecified atom stereocenters. The largest absolute Gasteiger partial charge is 0.454 e. The molecule has 0 bridgehead atoms. The third-order valence-electron chi connectivity index (χ3n) is 5.54. The minimum Gasteiger partial charge on any atom is -0.454 e. The number of hydrogen-bond acceptors (Lipinski definition) is 5. The lowest BCUT2D eigenvalue weighted by atomic mass is 10.1. The molecule has 1 saturated heterocycles. The number of amides is 2. The summed E-state index contributed by atoms with van der Waals surface area (Å²) in [6.07, 6.45) is 3.91. The first-order chi connectivity index (χ1) is 14.1. The Morgan fingerprint density at radius 3 is 2.28 bits per heavy atom. The molecule has 2 heterocycles. The zero-order valence-electron chi connectivity index (χ0n) is 17.7. The second kappa shape index (κ2) is 10.5. The van der Waals surface area contributed by atoms with Gasteiger partial charge in [-0.1, -0.05) is 32.8 Å². The van der Waals surface area contributed by atoms with Gasteiger partial charge in [0.2, 0.25) is 6.79 Å². The van der Waals surface area contributed by atoms with Gasteiger partial charge in [-0.25, -0.2) is 0 Å². The van der Waals surface area contributed by atoms with Crippen LogP contribution in [0.2, 0.25) is 0 Å². The Morgan fingerprint density at radius 1 is 0.966 bits per heavy atom. The number of benzene rings is 1. The van der Waals surface area contributed by atoms with Crippen molar-refractivity contribution in [2.75, 3.05) is 46.1 Å². The van der Waals surface area contributed by atoms with Crippen LogP contribution in [0, 0.1) is 0 Å². The summed E-state index contributed by atoms with van der Waals surface area (Å²) in [6, 6.07) is 6.01. The number of rotatable bonds is 8. The molecule has 0 aromatic heterocycles. The molecule has 1 fully saturated rings. The average molecular weight is 404 g/mol. The maximum Gasteiger partial charge on any atom is 0.312 e. The van der Waals surface area contributed by atoms with Crippen LogP contribution in [-0.2, 0) is 16.1 Å². The molecule has 7 heteroatoms. The van der Waals surface area contributed by atoms with Gasteiger partial charge in [0.1, 0.15) is 0 Å². The van der Waals surface area contributed by atoms with Gasteiger partial charge in [0.05, 0.1) is 0 Å². The normalized spacial score (nSPS) is 16.1. The van der Waals surface area contributed by atoms with E-state index in [2.05, 4.69) is 18.7 Å². The predicted molar refractivity (Wildman–Crippen MR) is 111 cm³/mol. The lowest BCUT2D eigenvalue weighted by molar-refractivity contribution is -0.153. The lowest BCUT2D eigenvalue weighted by Crippen LogP contribution is -2.53. The molecule has 0 radical (unpaired) electrons. The summed E-state index contributed by atoms with van der Waals surface area (Å²) >= 11 is 0. The van der Waals surface area contributed by atoms with Crippen molar-refractivity contribution in [3.05, 3.63) is 23.8 Å². The zero-order valence-corrected chi connectivity index (χ0v) is 17.7. The summed E-state index contributed by atoms with van der Waals surface area (Å²) in [5, 5.41) is 0. The summed E-state index contributed by atoms with van der Waals surface area (Å²) in [4.78, 5) is 31.2. The molecule has 0 aliphatic carbocycles. The molecule has 0 atom stereocenters. The van der Waals surface area contributed by atoms with Crippen molar-refractivity contribution >= 4 is 11.8 Å². The SMILES string of the molecule is CCCCN(CCCC)C(=O)C(=O)N1CCN(Cc2ccc3c(c2)OCO3)CC1. The van der Waals surface area contributed by atoms with Crippen LogP contribution in [0.1, 0.15) is 45.1 Å². The summed E-state index contributed by atoms with van der Waals surface area (Å²) < 4.78 is 10.8. The van der Waals surface area contributed by atoms with E-state index in [-0.39, 0.29) is 18.6 Å². The first-order valence-electron chi connectivity index (χ1n) is 10.8. The molecule has 0 spiro atoms. The van der Waals surface area contributed by atoms with Crippen molar-refractivity contribution in [3.8, 4) is 11.5 Å². The molecule has 7 nitrogen and oxygen atoms in total. The fourth-order valence-corrected chi connectivity index (χ4v) is 3.69. The van der Waals surface area contributed by atoms with Crippen LogP contribution in [0.15, 0.2) is 18.2 Å². The van der Waals surface area contributed by atoms with Crippen molar-refractivity contribution in [2.45, 2.75) is 46.1 Å². The van der Waals surface area contributed by atoms with Crippen LogP contribution in [0.25, 0.3) is 0 Å². The number of unbranched alkanes of at least 4 members (excludes halogenated alkanes) is 2. The van der Waals surface area contributed by atoms with Crippen molar-refractivity contribution in [1.29, 1.82) is 0 Å². The highest BCUT2D eigenvalue weighted by Gasteiger charge is 2.29. The highest BCUT2D eigenvalue weighted by Crippen LogP contribution is 2.32. The molecule has 2 aliphatic heterocycles. The minimum absolute atomic E-state index is 0.279. The number of nitrogens with zero attached hydrogens (tertiary/aromatic N) is 3. The van der Waals surface area contributed by atoms with Crippen molar-refractivity contribution < 1.29 is 19.1 Å². The summed E-state index contributed by atoms with van der Waals surface area (Å²) in [7, 11) is 0. The van der Waals surface area contributed by atoms with Crippen LogP contribution >= 0.6 is 0 Å².